The van der Waals surface area contributed by atoms with Crippen LogP contribution in [0.2, 0.25) is 0 Å². The number of benzene rings is 1. The molecule has 1 aliphatic heterocycles. The van der Waals surface area contributed by atoms with Gasteiger partial charge < -0.3 is 15.5 Å². The third-order valence-electron chi connectivity index (χ3n) is 4.06. The minimum Gasteiger partial charge on any atom is -0.399 e. The number of nitrogens with two attached hydrogens (primary N) is 1. The van der Waals surface area contributed by atoms with Crippen molar-refractivity contribution in [3.05, 3.63) is 24.3 Å². The van der Waals surface area contributed by atoms with E-state index in [0.29, 0.717) is 18.3 Å². The summed E-state index contributed by atoms with van der Waals surface area (Å²) in [6.45, 7) is 5.57. The molecule has 0 saturated carbocycles. The lowest BCUT2D eigenvalue weighted by molar-refractivity contribution is -0.120. The fourth-order valence-electron chi connectivity index (χ4n) is 2.41. The quantitative estimate of drug-likeness (QED) is 0.832. The number of amides is 1. The maximum absolute atomic E-state index is 12.3. The summed E-state index contributed by atoms with van der Waals surface area (Å²) in [6, 6.07) is 7.88. The van der Waals surface area contributed by atoms with Gasteiger partial charge in [-0.3, -0.25) is 9.69 Å². The first-order valence-electron chi connectivity index (χ1n) is 7.02. The first-order valence-corrected chi connectivity index (χ1v) is 7.02. The Morgan fingerprint density at radius 2 is 2.00 bits per heavy atom. The predicted molar refractivity (Wildman–Crippen MR) is 82.8 cm³/mol. The van der Waals surface area contributed by atoms with Gasteiger partial charge in [-0.05, 0) is 38.2 Å². The number of hydrogen-bond donors (Lipinski definition) is 1. The average Bonchev–Trinajstić information content (AvgIpc) is 2.43. The molecular weight excluding hydrogens is 252 g/mol. The highest BCUT2D eigenvalue weighted by molar-refractivity contribution is 5.94. The average molecular weight is 276 g/mol. The van der Waals surface area contributed by atoms with Gasteiger partial charge in [-0.25, -0.2) is 0 Å². The van der Waals surface area contributed by atoms with Crippen molar-refractivity contribution in [3.63, 3.8) is 0 Å². The maximum Gasteiger partial charge on any atom is 0.240 e. The Bertz CT molecular complexity index is 459. The lowest BCUT2D eigenvalue weighted by Gasteiger charge is -2.37. The van der Waals surface area contributed by atoms with Crippen LogP contribution in [0.1, 0.15) is 6.92 Å². The second-order valence-electron chi connectivity index (χ2n) is 5.61. The second kappa shape index (κ2) is 6.24. The molecular formula is C15H24N4O. The van der Waals surface area contributed by atoms with Crippen LogP contribution >= 0.6 is 0 Å². The van der Waals surface area contributed by atoms with Crippen LogP contribution in [0.5, 0.6) is 0 Å². The van der Waals surface area contributed by atoms with E-state index in [1.807, 2.05) is 31.3 Å². The number of nitrogen functional groups attached to an aromatic ring is 1. The van der Waals surface area contributed by atoms with Crippen LogP contribution in [0.15, 0.2) is 24.3 Å². The molecule has 0 spiro atoms. The summed E-state index contributed by atoms with van der Waals surface area (Å²) in [5, 5.41) is 0. The van der Waals surface area contributed by atoms with Crippen LogP contribution in [0.4, 0.5) is 11.4 Å². The molecule has 1 amide bonds. The van der Waals surface area contributed by atoms with Gasteiger partial charge in [0.2, 0.25) is 5.91 Å². The van der Waals surface area contributed by atoms with E-state index in [1.54, 1.807) is 4.90 Å². The molecule has 110 valence electrons. The Balaban J connectivity index is 1.93. The number of carbonyl (C=O) groups is 1. The van der Waals surface area contributed by atoms with E-state index in [2.05, 4.69) is 23.8 Å². The Morgan fingerprint density at radius 3 is 2.60 bits per heavy atom. The number of rotatable bonds is 3. The Kier molecular flexibility index (Phi) is 4.62. The van der Waals surface area contributed by atoms with Gasteiger partial charge in [0.25, 0.3) is 0 Å². The summed E-state index contributed by atoms with van der Waals surface area (Å²) in [4.78, 5) is 18.6. The molecule has 1 saturated heterocycles. The molecule has 1 aliphatic rings. The zero-order valence-electron chi connectivity index (χ0n) is 12.5. The Hall–Kier alpha value is -1.59. The molecule has 1 aromatic rings. The highest BCUT2D eigenvalue weighted by Crippen LogP contribution is 2.15. The lowest BCUT2D eigenvalue weighted by atomic mass is 10.2. The van der Waals surface area contributed by atoms with E-state index in [1.165, 1.54) is 0 Å². The fourth-order valence-corrected chi connectivity index (χ4v) is 2.41. The maximum atomic E-state index is 12.3. The standard InChI is InChI=1S/C15H24N4O/c1-12-10-19(9-8-17(12)2)11-15(20)18(3)14-6-4-13(16)5-7-14/h4-7,12H,8-11,16H2,1-3H3. The van der Waals surface area contributed by atoms with E-state index in [4.69, 9.17) is 5.73 Å². The van der Waals surface area contributed by atoms with Crippen molar-refractivity contribution in [1.29, 1.82) is 0 Å². The van der Waals surface area contributed by atoms with Gasteiger partial charge in [-0.1, -0.05) is 0 Å². The molecule has 5 nitrogen and oxygen atoms in total. The van der Waals surface area contributed by atoms with E-state index in [0.717, 1.165) is 25.3 Å². The topological polar surface area (TPSA) is 52.8 Å². The zero-order valence-corrected chi connectivity index (χ0v) is 12.5. The van der Waals surface area contributed by atoms with Crippen LogP contribution in [0.3, 0.4) is 0 Å². The minimum absolute atomic E-state index is 0.117. The van der Waals surface area contributed by atoms with Crippen LogP contribution in [-0.4, -0.2) is 62.0 Å². The summed E-state index contributed by atoms with van der Waals surface area (Å²) in [5.74, 6) is 0.117. The molecule has 0 aliphatic carbocycles. The Labute approximate surface area is 120 Å². The van der Waals surface area contributed by atoms with E-state index in [-0.39, 0.29) is 5.91 Å². The van der Waals surface area contributed by atoms with Crippen molar-refractivity contribution in [2.45, 2.75) is 13.0 Å². The van der Waals surface area contributed by atoms with Gasteiger partial charge in [-0.2, -0.15) is 0 Å². The number of piperazine rings is 1. The summed E-state index contributed by atoms with van der Waals surface area (Å²) < 4.78 is 0. The number of anilines is 2. The van der Waals surface area contributed by atoms with Crippen LogP contribution in [-0.2, 0) is 4.79 Å². The smallest absolute Gasteiger partial charge is 0.240 e. The summed E-state index contributed by atoms with van der Waals surface area (Å²) in [7, 11) is 3.94. The number of hydrogen-bond acceptors (Lipinski definition) is 4. The number of carbonyl (C=O) groups excluding carboxylic acids is 1. The van der Waals surface area contributed by atoms with Gasteiger partial charge in [-0.15, -0.1) is 0 Å². The summed E-state index contributed by atoms with van der Waals surface area (Å²) in [5.41, 5.74) is 7.26. The minimum atomic E-state index is 0.117. The van der Waals surface area contributed by atoms with Gasteiger partial charge in [0.05, 0.1) is 6.54 Å². The molecule has 0 aromatic heterocycles. The predicted octanol–water partition coefficient (Wildman–Crippen LogP) is 0.867. The molecule has 1 aromatic carbocycles. The lowest BCUT2D eigenvalue weighted by Crippen LogP contribution is -2.52. The van der Waals surface area contributed by atoms with Crippen molar-refractivity contribution in [2.75, 3.05) is 50.9 Å². The van der Waals surface area contributed by atoms with Crippen molar-refractivity contribution < 1.29 is 4.79 Å². The molecule has 2 N–H and O–H groups in total. The van der Waals surface area contributed by atoms with E-state index in [9.17, 15) is 4.79 Å². The second-order valence-corrected chi connectivity index (χ2v) is 5.61. The molecule has 1 unspecified atom stereocenters. The van der Waals surface area contributed by atoms with Crippen molar-refractivity contribution in [1.82, 2.24) is 9.80 Å². The fraction of sp³-hybridized carbons (Fsp3) is 0.533. The molecule has 0 bridgehead atoms. The van der Waals surface area contributed by atoms with Gasteiger partial charge >= 0.3 is 0 Å². The SMILES string of the molecule is CC1CN(CC(=O)N(C)c2ccc(N)cc2)CCN1C. The third-order valence-corrected chi connectivity index (χ3v) is 4.06. The summed E-state index contributed by atoms with van der Waals surface area (Å²) in [6.07, 6.45) is 0. The molecule has 0 radical (unpaired) electrons. The van der Waals surface area contributed by atoms with Crippen molar-refractivity contribution >= 4 is 17.3 Å². The van der Waals surface area contributed by atoms with Crippen LogP contribution in [0.25, 0.3) is 0 Å². The Morgan fingerprint density at radius 1 is 1.35 bits per heavy atom. The monoisotopic (exact) mass is 276 g/mol. The largest absolute Gasteiger partial charge is 0.399 e. The van der Waals surface area contributed by atoms with Crippen LogP contribution in [0, 0.1) is 0 Å². The van der Waals surface area contributed by atoms with Crippen molar-refractivity contribution in [2.24, 2.45) is 0 Å². The third kappa shape index (κ3) is 3.49. The molecule has 5 heteroatoms. The molecule has 20 heavy (non-hydrogen) atoms. The highest BCUT2D eigenvalue weighted by atomic mass is 16.2. The highest BCUT2D eigenvalue weighted by Gasteiger charge is 2.23. The first-order chi connectivity index (χ1) is 9.47. The molecule has 1 heterocycles. The zero-order chi connectivity index (χ0) is 14.7. The normalized spacial score (nSPS) is 20.9. The van der Waals surface area contributed by atoms with Gasteiger partial charge in [0, 0.05) is 44.1 Å². The first kappa shape index (κ1) is 14.8. The molecule has 2 rings (SSSR count). The molecule has 1 atom stereocenters. The van der Waals surface area contributed by atoms with E-state index < -0.39 is 0 Å². The number of nitrogens with zero attached hydrogens (tertiary/aromatic N) is 3. The van der Waals surface area contributed by atoms with Crippen molar-refractivity contribution in [3.8, 4) is 0 Å². The number of likely N-dealkylation sites (N-methyl/N-ethyl adjacent to an activating group) is 2. The summed E-state index contributed by atoms with van der Waals surface area (Å²) >= 11 is 0. The van der Waals surface area contributed by atoms with Crippen LogP contribution < -0.4 is 10.6 Å². The van der Waals surface area contributed by atoms with Gasteiger partial charge in [0.1, 0.15) is 0 Å². The van der Waals surface area contributed by atoms with Gasteiger partial charge in [0.15, 0.2) is 0 Å². The van der Waals surface area contributed by atoms with E-state index >= 15 is 0 Å². The molecule has 1 fully saturated rings.